The van der Waals surface area contributed by atoms with Crippen LogP contribution in [-0.2, 0) is 0 Å². The minimum Gasteiger partial charge on any atom is -0.119 e. The van der Waals surface area contributed by atoms with Crippen molar-refractivity contribution in [2.24, 2.45) is 5.11 Å². The van der Waals surface area contributed by atoms with E-state index in [2.05, 4.69) is 15.9 Å². The number of terminal acetylenes is 1. The first-order chi connectivity index (χ1) is 3.62. The van der Waals surface area contributed by atoms with Crippen molar-refractivity contribution in [1.29, 1.82) is 0 Å². The molecule has 0 spiro atoms. The van der Waals surface area contributed by atoms with Gasteiger partial charge in [-0.1, -0.05) is 11.0 Å². The van der Waals surface area contributed by atoms with Crippen LogP contribution in [0.25, 0.3) is 10.4 Å². The van der Waals surface area contributed by atoms with Gasteiger partial charge in [-0.2, -0.15) is 0 Å². The van der Waals surface area contributed by atoms with Crippen molar-refractivity contribution in [2.45, 2.75) is 19.4 Å². The smallest absolute Gasteiger partial charge is 0.104 e. The van der Waals surface area contributed by atoms with E-state index in [1.54, 1.807) is 13.8 Å². The Labute approximate surface area is 48.3 Å². The van der Waals surface area contributed by atoms with Crippen LogP contribution in [0.5, 0.6) is 0 Å². The molecular formula is C5H7N3. The molecule has 0 rings (SSSR count). The van der Waals surface area contributed by atoms with Gasteiger partial charge in [0.25, 0.3) is 0 Å². The highest BCUT2D eigenvalue weighted by Crippen LogP contribution is 2.04. The largest absolute Gasteiger partial charge is 0.119 e. The Morgan fingerprint density at radius 1 is 1.75 bits per heavy atom. The summed E-state index contributed by atoms with van der Waals surface area (Å²) in [5.74, 6) is 2.32. The number of hydrogen-bond acceptors (Lipinski definition) is 1. The molecule has 3 heteroatoms. The van der Waals surface area contributed by atoms with Crippen molar-refractivity contribution in [2.75, 3.05) is 0 Å². The second kappa shape index (κ2) is 2.25. The van der Waals surface area contributed by atoms with Gasteiger partial charge in [0.1, 0.15) is 5.54 Å². The highest BCUT2D eigenvalue weighted by atomic mass is 15.2. The second-order valence-electron chi connectivity index (χ2n) is 1.89. The maximum Gasteiger partial charge on any atom is 0.104 e. The molecule has 0 aromatic rings. The molecule has 0 aliphatic carbocycles. The molecule has 0 atom stereocenters. The molecule has 0 fully saturated rings. The molecule has 0 bridgehead atoms. The van der Waals surface area contributed by atoms with E-state index in [0.717, 1.165) is 0 Å². The van der Waals surface area contributed by atoms with Crippen LogP contribution in [0.4, 0.5) is 0 Å². The van der Waals surface area contributed by atoms with E-state index in [4.69, 9.17) is 12.0 Å². The first-order valence-corrected chi connectivity index (χ1v) is 2.16. The predicted octanol–water partition coefficient (Wildman–Crippen LogP) is 1.71. The Morgan fingerprint density at radius 3 is 2.38 bits per heavy atom. The predicted molar refractivity (Wildman–Crippen MR) is 32.1 cm³/mol. The summed E-state index contributed by atoms with van der Waals surface area (Å²) in [6.45, 7) is 3.35. The van der Waals surface area contributed by atoms with Gasteiger partial charge < -0.3 is 0 Å². The van der Waals surface area contributed by atoms with Gasteiger partial charge in [0, 0.05) is 4.91 Å². The Kier molecular flexibility index (Phi) is 1.93. The maximum absolute atomic E-state index is 7.90. The number of azide groups is 1. The SMILES string of the molecule is C#CC(C)(C)N=[N+]=[N-]. The van der Waals surface area contributed by atoms with Gasteiger partial charge in [-0.3, -0.25) is 0 Å². The minimum atomic E-state index is -0.672. The van der Waals surface area contributed by atoms with Gasteiger partial charge in [0.15, 0.2) is 0 Å². The molecular weight excluding hydrogens is 102 g/mol. The fraction of sp³-hybridized carbons (Fsp3) is 0.600. The third-order valence-corrected chi connectivity index (χ3v) is 0.648. The highest BCUT2D eigenvalue weighted by Gasteiger charge is 2.08. The van der Waals surface area contributed by atoms with Crippen LogP contribution in [-0.4, -0.2) is 5.54 Å². The first kappa shape index (κ1) is 6.87. The molecule has 0 aromatic heterocycles. The van der Waals surface area contributed by atoms with Crippen LogP contribution < -0.4 is 0 Å². The standard InChI is InChI=1S/C5H7N3/c1-4-5(2,3)7-8-6/h1H,2-3H3. The summed E-state index contributed by atoms with van der Waals surface area (Å²) >= 11 is 0. The molecule has 0 N–H and O–H groups in total. The van der Waals surface area contributed by atoms with Gasteiger partial charge in [-0.25, -0.2) is 0 Å². The van der Waals surface area contributed by atoms with Crippen LogP contribution in [0.15, 0.2) is 5.11 Å². The van der Waals surface area contributed by atoms with Gasteiger partial charge >= 0.3 is 0 Å². The summed E-state index contributed by atoms with van der Waals surface area (Å²) in [5.41, 5.74) is 7.22. The Morgan fingerprint density at radius 2 is 2.25 bits per heavy atom. The number of nitrogens with zero attached hydrogens (tertiary/aromatic N) is 3. The zero-order chi connectivity index (χ0) is 6.62. The molecule has 42 valence electrons. The molecule has 0 radical (unpaired) electrons. The topological polar surface area (TPSA) is 48.8 Å². The van der Waals surface area contributed by atoms with E-state index in [1.165, 1.54) is 0 Å². The lowest BCUT2D eigenvalue weighted by Gasteiger charge is -2.05. The van der Waals surface area contributed by atoms with Crippen molar-refractivity contribution in [3.05, 3.63) is 10.4 Å². The zero-order valence-electron chi connectivity index (χ0n) is 4.92. The molecule has 0 aromatic carbocycles. The molecule has 0 saturated carbocycles. The van der Waals surface area contributed by atoms with Crippen LogP contribution in [0.1, 0.15) is 13.8 Å². The molecule has 0 aliphatic heterocycles. The lowest BCUT2D eigenvalue weighted by atomic mass is 10.1. The molecule has 0 amide bonds. The summed E-state index contributed by atoms with van der Waals surface area (Å²) in [5, 5.41) is 3.32. The highest BCUT2D eigenvalue weighted by molar-refractivity contribution is 5.07. The van der Waals surface area contributed by atoms with E-state index in [0.29, 0.717) is 0 Å². The maximum atomic E-state index is 7.90. The number of rotatable bonds is 1. The summed E-state index contributed by atoms with van der Waals surface area (Å²) < 4.78 is 0. The monoisotopic (exact) mass is 109 g/mol. The Balaban J connectivity index is 4.19. The van der Waals surface area contributed by atoms with Gasteiger partial charge in [0.2, 0.25) is 0 Å². The fourth-order valence-electron chi connectivity index (χ4n) is 0.141. The van der Waals surface area contributed by atoms with Gasteiger partial charge in [-0.05, 0) is 19.4 Å². The van der Waals surface area contributed by atoms with Crippen molar-refractivity contribution >= 4 is 0 Å². The third-order valence-electron chi connectivity index (χ3n) is 0.648. The fourth-order valence-corrected chi connectivity index (χ4v) is 0.141. The van der Waals surface area contributed by atoms with E-state index < -0.39 is 5.54 Å². The van der Waals surface area contributed by atoms with E-state index in [-0.39, 0.29) is 0 Å². The molecule has 3 nitrogen and oxygen atoms in total. The van der Waals surface area contributed by atoms with Crippen LogP contribution in [0.3, 0.4) is 0 Å². The normalized spacial score (nSPS) is 9.12. The lowest BCUT2D eigenvalue weighted by Crippen LogP contribution is -2.10. The Bertz CT molecular complexity index is 157. The van der Waals surface area contributed by atoms with Crippen molar-refractivity contribution in [3.8, 4) is 12.3 Å². The van der Waals surface area contributed by atoms with Crippen molar-refractivity contribution in [1.82, 2.24) is 0 Å². The van der Waals surface area contributed by atoms with Crippen molar-refractivity contribution < 1.29 is 0 Å². The minimum absolute atomic E-state index is 0.672. The van der Waals surface area contributed by atoms with E-state index >= 15 is 0 Å². The molecule has 0 heterocycles. The zero-order valence-corrected chi connectivity index (χ0v) is 4.92. The van der Waals surface area contributed by atoms with Gasteiger partial charge in [-0.15, -0.1) is 6.42 Å². The molecule has 0 unspecified atom stereocenters. The summed E-state index contributed by atoms with van der Waals surface area (Å²) in [6, 6.07) is 0. The lowest BCUT2D eigenvalue weighted by molar-refractivity contribution is 0.675. The van der Waals surface area contributed by atoms with Gasteiger partial charge in [0.05, 0.1) is 0 Å². The van der Waals surface area contributed by atoms with Crippen LogP contribution in [0, 0.1) is 12.3 Å². The summed E-state index contributed by atoms with van der Waals surface area (Å²) in [6.07, 6.45) is 4.98. The average molecular weight is 109 g/mol. The number of hydrogen-bond donors (Lipinski definition) is 0. The van der Waals surface area contributed by atoms with Crippen LogP contribution in [0.2, 0.25) is 0 Å². The van der Waals surface area contributed by atoms with Crippen LogP contribution >= 0.6 is 0 Å². The quantitative estimate of drug-likeness (QED) is 0.213. The summed E-state index contributed by atoms with van der Waals surface area (Å²) in [7, 11) is 0. The first-order valence-electron chi connectivity index (χ1n) is 2.16. The van der Waals surface area contributed by atoms with E-state index in [9.17, 15) is 0 Å². The van der Waals surface area contributed by atoms with E-state index in [1.807, 2.05) is 0 Å². The molecule has 0 saturated heterocycles. The third kappa shape index (κ3) is 2.12. The second-order valence-corrected chi connectivity index (χ2v) is 1.89. The average Bonchev–Trinajstić information content (AvgIpc) is 1.67. The Hall–Kier alpha value is -1.13. The molecule has 0 aliphatic rings. The van der Waals surface area contributed by atoms with Crippen molar-refractivity contribution in [3.63, 3.8) is 0 Å². The summed E-state index contributed by atoms with van der Waals surface area (Å²) in [4.78, 5) is 2.56. The molecule has 8 heavy (non-hydrogen) atoms.